The van der Waals surface area contributed by atoms with E-state index in [0.29, 0.717) is 5.56 Å². The maximum atomic E-state index is 14.4. The van der Waals surface area contributed by atoms with Gasteiger partial charge in [-0.25, -0.2) is 4.79 Å². The molecule has 32 nitrogen and oxygen atoms in total. The maximum Gasteiger partial charge on any atom is 0.326 e. The standard InChI is InChI=1S/C61H77N17O15/c1-32(79)71-34-14-20-47(90-2)39(28-34)51(81)75-43(9-6-24-68-59(62)63)55(85)72-35-15-21-48(91-3)40(29-35)52(82)76-44(10-7-25-69-60(64)65)56(86)73-36-16-22-49(92-4)41(30-36)53(83)77-45(11-8-26-70-61(66)67)57(87)74-37-17-23-50(93-5)42(31-37)54(84)78-46(58(88)89)27-33-12-18-38(80)19-13-33/h12-23,28-31,43-46,80H,6-11,24-27H2,1-5H3,(H,71,79)(H,72,85)(H,73,86)(H,74,87)(H,75,81)(H,76,82)(H,77,83)(H,78,84)(H,88,89)(H4,62,63,68)(H4,64,65,69)(H4,66,67,70)/t43-,44-,45-,46-/m0/s1. The van der Waals surface area contributed by atoms with Crippen molar-refractivity contribution in [3.05, 3.63) is 125 Å². The fraction of sp³-hybridized carbons (Fsp3) is 0.311. The number of nitrogens with two attached hydrogens (primary N) is 3. The van der Waals surface area contributed by atoms with Crippen LogP contribution in [-0.4, -0.2) is 154 Å². The predicted molar refractivity (Wildman–Crippen MR) is 344 cm³/mol. The van der Waals surface area contributed by atoms with Crippen molar-refractivity contribution in [2.45, 2.75) is 76.0 Å². The van der Waals surface area contributed by atoms with E-state index in [2.05, 4.69) is 58.5 Å². The highest BCUT2D eigenvalue weighted by Gasteiger charge is 2.30. The van der Waals surface area contributed by atoms with Crippen LogP contribution in [0.25, 0.3) is 0 Å². The molecule has 5 aromatic carbocycles. The Morgan fingerprint density at radius 2 is 0.710 bits per heavy atom. The van der Waals surface area contributed by atoms with Gasteiger partial charge < -0.3 is 105 Å². The number of aliphatic carboxylic acids is 1. The summed E-state index contributed by atoms with van der Waals surface area (Å²) in [5, 5.41) is 71.6. The van der Waals surface area contributed by atoms with Crippen LogP contribution in [0.2, 0.25) is 0 Å². The lowest BCUT2D eigenvalue weighted by atomic mass is 10.0. The zero-order chi connectivity index (χ0) is 68.3. The van der Waals surface area contributed by atoms with Crippen molar-refractivity contribution in [3.8, 4) is 28.7 Å². The molecule has 0 aliphatic heterocycles. The van der Waals surface area contributed by atoms with Gasteiger partial charge in [0.25, 0.3) is 23.6 Å². The Morgan fingerprint density at radius 3 is 0.968 bits per heavy atom. The lowest BCUT2D eigenvalue weighted by Gasteiger charge is -2.22. The molecule has 0 saturated carbocycles. The quantitative estimate of drug-likeness (QED) is 0.0159. The van der Waals surface area contributed by atoms with Crippen LogP contribution in [0.5, 0.6) is 28.7 Å². The highest BCUT2D eigenvalue weighted by molar-refractivity contribution is 6.08. The van der Waals surface area contributed by atoms with Crippen molar-refractivity contribution in [3.63, 3.8) is 0 Å². The van der Waals surface area contributed by atoms with Crippen LogP contribution in [0, 0.1) is 16.2 Å². The summed E-state index contributed by atoms with van der Waals surface area (Å²) < 4.78 is 21.8. The first kappa shape index (κ1) is 71.9. The molecular formula is C61H77N17O15. The predicted octanol–water partition coefficient (Wildman–Crippen LogP) is 1.81. The number of nitrogens with one attached hydrogen (secondary N) is 14. The number of anilines is 4. The monoisotopic (exact) mass is 1290 g/mol. The van der Waals surface area contributed by atoms with Gasteiger partial charge in [-0.2, -0.15) is 0 Å². The van der Waals surface area contributed by atoms with Crippen LogP contribution in [0.15, 0.2) is 97.1 Å². The molecule has 4 atom stereocenters. The van der Waals surface area contributed by atoms with Gasteiger partial charge in [0.05, 0.1) is 50.7 Å². The molecule has 22 N–H and O–H groups in total. The number of benzene rings is 5. The van der Waals surface area contributed by atoms with Gasteiger partial charge in [0.2, 0.25) is 23.6 Å². The van der Waals surface area contributed by atoms with E-state index in [0.717, 1.165) is 0 Å². The number of methoxy groups -OCH3 is 4. The molecule has 0 saturated heterocycles. The van der Waals surface area contributed by atoms with Gasteiger partial charge in [0.15, 0.2) is 17.9 Å². The third kappa shape index (κ3) is 22.6. The first-order valence-corrected chi connectivity index (χ1v) is 28.7. The summed E-state index contributed by atoms with van der Waals surface area (Å²) in [5.74, 6) is -8.21. The topological polar surface area (TPSA) is 513 Å². The van der Waals surface area contributed by atoms with E-state index in [-0.39, 0.29) is 156 Å². The minimum Gasteiger partial charge on any atom is -0.508 e. The van der Waals surface area contributed by atoms with Crippen LogP contribution in [0.3, 0.4) is 0 Å². The second-order valence-corrected chi connectivity index (χ2v) is 20.6. The molecule has 0 aromatic heterocycles. The molecular weight excluding hydrogens is 1210 g/mol. The normalized spacial score (nSPS) is 11.8. The number of aromatic hydroxyl groups is 1. The number of hydrogen-bond donors (Lipinski definition) is 19. The minimum atomic E-state index is -1.42. The summed E-state index contributed by atoms with van der Waals surface area (Å²) in [5.41, 5.74) is 16.9. The second kappa shape index (κ2) is 35.4. The molecule has 0 aliphatic rings. The van der Waals surface area contributed by atoms with Gasteiger partial charge in [-0.05, 0) is 129 Å². The van der Waals surface area contributed by atoms with E-state index in [1.807, 2.05) is 0 Å². The number of carboxylic acid groups (broad SMARTS) is 1. The molecule has 0 aliphatic carbocycles. The summed E-state index contributed by atoms with van der Waals surface area (Å²) in [6, 6.07) is 17.0. The SMILES string of the molecule is COc1ccc(NC(=O)[C@H](CCCNC(=N)N)NC(=O)c2cc(NC(=O)[C@H](CCCNC(=N)N)NC(=O)c3cc(NC(=O)[C@H](CCCNC(=N)N)NC(=O)c4cc(NC(C)=O)ccc4OC)ccc3OC)ccc2OC)cc1C(=O)N[C@@H](Cc1ccc(O)cc1)C(=O)O. The van der Waals surface area contributed by atoms with Crippen LogP contribution >= 0.6 is 0 Å². The Balaban J connectivity index is 1.38. The number of amides is 8. The molecule has 0 radical (unpaired) electrons. The first-order valence-electron chi connectivity index (χ1n) is 28.7. The number of guanidine groups is 3. The number of carboxylic acids is 1. The number of rotatable bonds is 34. The lowest BCUT2D eigenvalue weighted by molar-refractivity contribution is -0.139. The Morgan fingerprint density at radius 1 is 0.430 bits per heavy atom. The summed E-state index contributed by atoms with van der Waals surface area (Å²) in [6.07, 6.45) is 0.356. The maximum absolute atomic E-state index is 14.4. The molecule has 8 amide bonds. The number of ether oxygens (including phenoxy) is 4. The summed E-state index contributed by atoms with van der Waals surface area (Å²) in [7, 11) is 5.20. The van der Waals surface area contributed by atoms with Crippen molar-refractivity contribution in [1.82, 2.24) is 37.2 Å². The third-order valence-electron chi connectivity index (χ3n) is 13.7. The second-order valence-electron chi connectivity index (χ2n) is 20.6. The highest BCUT2D eigenvalue weighted by Crippen LogP contribution is 2.28. The summed E-state index contributed by atoms with van der Waals surface area (Å²) in [4.78, 5) is 123. The molecule has 0 heterocycles. The molecule has 0 fully saturated rings. The van der Waals surface area contributed by atoms with E-state index in [1.165, 1.54) is 132 Å². The lowest BCUT2D eigenvalue weighted by Crippen LogP contribution is -2.45. The smallest absolute Gasteiger partial charge is 0.326 e. The van der Waals surface area contributed by atoms with Crippen molar-refractivity contribution in [2.75, 3.05) is 69.3 Å². The Kier molecular flexibility index (Phi) is 27.3. The fourth-order valence-electron chi connectivity index (χ4n) is 9.15. The van der Waals surface area contributed by atoms with Crippen molar-refractivity contribution < 1.29 is 72.3 Å². The molecule has 32 heteroatoms. The van der Waals surface area contributed by atoms with Crippen LogP contribution < -0.4 is 94.6 Å². The number of hydrogen-bond acceptors (Lipinski definition) is 17. The molecule has 0 spiro atoms. The molecule has 0 unspecified atom stereocenters. The van der Waals surface area contributed by atoms with Gasteiger partial charge in [-0.3, -0.25) is 54.6 Å². The molecule has 93 heavy (non-hydrogen) atoms. The van der Waals surface area contributed by atoms with Crippen molar-refractivity contribution >= 4 is 93.9 Å². The van der Waals surface area contributed by atoms with Crippen LogP contribution in [0.1, 0.15) is 92.4 Å². The number of carbonyl (C=O) groups is 9. The van der Waals surface area contributed by atoms with E-state index >= 15 is 0 Å². The molecule has 496 valence electrons. The Bertz CT molecular complexity index is 3570. The van der Waals surface area contributed by atoms with Crippen LogP contribution in [-0.2, 0) is 30.4 Å². The Hall–Kier alpha value is -11.9. The zero-order valence-corrected chi connectivity index (χ0v) is 51.6. The highest BCUT2D eigenvalue weighted by atomic mass is 16.5. The zero-order valence-electron chi connectivity index (χ0n) is 51.6. The summed E-state index contributed by atoms with van der Waals surface area (Å²) >= 11 is 0. The Labute approximate surface area is 534 Å². The fourth-order valence-corrected chi connectivity index (χ4v) is 9.15. The molecule has 5 aromatic rings. The van der Waals surface area contributed by atoms with Crippen molar-refractivity contribution in [2.24, 2.45) is 17.2 Å². The third-order valence-corrected chi connectivity index (χ3v) is 13.7. The number of phenols is 1. The van der Waals surface area contributed by atoms with E-state index in [4.69, 9.17) is 52.4 Å². The van der Waals surface area contributed by atoms with E-state index in [9.17, 15) is 53.4 Å². The largest absolute Gasteiger partial charge is 0.508 e. The van der Waals surface area contributed by atoms with E-state index in [1.54, 1.807) is 0 Å². The summed E-state index contributed by atoms with van der Waals surface area (Å²) in [6.45, 7) is 1.67. The van der Waals surface area contributed by atoms with Crippen molar-refractivity contribution in [1.29, 1.82) is 16.2 Å². The molecule has 5 rings (SSSR count). The van der Waals surface area contributed by atoms with Gasteiger partial charge in [-0.1, -0.05) is 12.1 Å². The minimum absolute atomic E-state index is 0.00502. The number of carbonyl (C=O) groups excluding carboxylic acids is 8. The van der Waals surface area contributed by atoms with Crippen LogP contribution in [0.4, 0.5) is 22.7 Å². The van der Waals surface area contributed by atoms with Gasteiger partial charge in [-0.15, -0.1) is 0 Å². The molecule has 0 bridgehead atoms. The first-order chi connectivity index (χ1) is 44.3. The van der Waals surface area contributed by atoms with Gasteiger partial charge in [0, 0.05) is 55.7 Å². The average molecular weight is 1290 g/mol. The van der Waals surface area contributed by atoms with Gasteiger partial charge in [0.1, 0.15) is 52.9 Å². The van der Waals surface area contributed by atoms with Gasteiger partial charge >= 0.3 is 5.97 Å². The number of phenolic OH excluding ortho intramolecular Hbond substituents is 1. The average Bonchev–Trinajstić information content (AvgIpc) is 0.877. The van der Waals surface area contributed by atoms with E-state index < -0.39 is 77.4 Å².